The zero-order valence-electron chi connectivity index (χ0n) is 11.4. The molecule has 3 aromatic rings. The summed E-state index contributed by atoms with van der Waals surface area (Å²) in [5.74, 6) is 0.00607. The lowest BCUT2D eigenvalue weighted by atomic mass is 10.1. The number of pyridine rings is 1. The molecule has 0 bridgehead atoms. The molecule has 3 rings (SSSR count). The first kappa shape index (κ1) is 12.4. The fourth-order valence-corrected chi connectivity index (χ4v) is 2.12. The zero-order chi connectivity index (χ0) is 14.1. The number of hydrogen-bond acceptors (Lipinski definition) is 2. The van der Waals surface area contributed by atoms with Gasteiger partial charge in [-0.2, -0.15) is 0 Å². The predicted octanol–water partition coefficient (Wildman–Crippen LogP) is 2.70. The highest BCUT2D eigenvalue weighted by atomic mass is 16.2. The van der Waals surface area contributed by atoms with Crippen molar-refractivity contribution in [3.8, 4) is 11.3 Å². The van der Waals surface area contributed by atoms with Crippen molar-refractivity contribution in [2.45, 2.75) is 0 Å². The number of imidazole rings is 1. The quantitative estimate of drug-likeness (QED) is 0.714. The van der Waals surface area contributed by atoms with Gasteiger partial charge in [0.15, 0.2) is 0 Å². The van der Waals surface area contributed by atoms with Gasteiger partial charge in [-0.3, -0.25) is 4.79 Å². The summed E-state index contributed by atoms with van der Waals surface area (Å²) in [5, 5.41) is 0. The Hall–Kier alpha value is -2.62. The molecule has 0 radical (unpaired) electrons. The molecule has 0 unspecified atom stereocenters. The minimum Gasteiger partial charge on any atom is -0.345 e. The number of amides is 1. The van der Waals surface area contributed by atoms with Gasteiger partial charge in [-0.1, -0.05) is 18.2 Å². The Kier molecular flexibility index (Phi) is 2.99. The summed E-state index contributed by atoms with van der Waals surface area (Å²) in [6, 6.07) is 13.4. The van der Waals surface area contributed by atoms with Gasteiger partial charge in [-0.25, -0.2) is 4.98 Å². The summed E-state index contributed by atoms with van der Waals surface area (Å²) in [4.78, 5) is 18.0. The number of fused-ring (bicyclic) bond motifs is 1. The summed E-state index contributed by atoms with van der Waals surface area (Å²) in [6.07, 6.45) is 3.95. The van der Waals surface area contributed by atoms with Crippen LogP contribution in [-0.4, -0.2) is 34.3 Å². The average Bonchev–Trinajstić information content (AvgIpc) is 2.90. The molecule has 0 saturated heterocycles. The van der Waals surface area contributed by atoms with E-state index in [1.165, 1.54) is 0 Å². The van der Waals surface area contributed by atoms with Crippen molar-refractivity contribution < 1.29 is 4.79 Å². The van der Waals surface area contributed by atoms with Gasteiger partial charge in [0.05, 0.1) is 5.69 Å². The maximum atomic E-state index is 11.8. The van der Waals surface area contributed by atoms with Gasteiger partial charge < -0.3 is 9.30 Å². The van der Waals surface area contributed by atoms with Crippen LogP contribution in [0.1, 0.15) is 10.4 Å². The van der Waals surface area contributed by atoms with Gasteiger partial charge in [0.2, 0.25) is 0 Å². The monoisotopic (exact) mass is 265 g/mol. The SMILES string of the molecule is CN(C)C(=O)c1ccc(-c2cn3ccccc3n2)cc1. The van der Waals surface area contributed by atoms with E-state index in [1.807, 2.05) is 59.3 Å². The highest BCUT2D eigenvalue weighted by Gasteiger charge is 2.09. The van der Waals surface area contributed by atoms with Crippen molar-refractivity contribution in [1.82, 2.24) is 14.3 Å². The molecular weight excluding hydrogens is 250 g/mol. The molecule has 20 heavy (non-hydrogen) atoms. The molecule has 0 spiro atoms. The summed E-state index contributed by atoms with van der Waals surface area (Å²) < 4.78 is 1.98. The minimum atomic E-state index is 0.00607. The molecule has 0 atom stereocenters. The molecular formula is C16H15N3O. The maximum Gasteiger partial charge on any atom is 0.253 e. The van der Waals surface area contributed by atoms with Gasteiger partial charge in [0, 0.05) is 37.6 Å². The van der Waals surface area contributed by atoms with Crippen LogP contribution in [0.4, 0.5) is 0 Å². The predicted molar refractivity (Wildman–Crippen MR) is 78.6 cm³/mol. The third kappa shape index (κ3) is 2.16. The molecule has 0 N–H and O–H groups in total. The highest BCUT2D eigenvalue weighted by molar-refractivity contribution is 5.94. The van der Waals surface area contributed by atoms with Gasteiger partial charge in [0.1, 0.15) is 5.65 Å². The molecule has 1 aromatic carbocycles. The molecule has 0 aliphatic heterocycles. The Morgan fingerprint density at radius 2 is 1.85 bits per heavy atom. The van der Waals surface area contributed by atoms with E-state index in [1.54, 1.807) is 19.0 Å². The smallest absolute Gasteiger partial charge is 0.253 e. The Balaban J connectivity index is 1.96. The molecule has 0 aliphatic rings. The van der Waals surface area contributed by atoms with E-state index in [0.717, 1.165) is 16.9 Å². The van der Waals surface area contributed by atoms with Crippen molar-refractivity contribution in [3.05, 3.63) is 60.4 Å². The van der Waals surface area contributed by atoms with Crippen molar-refractivity contribution >= 4 is 11.6 Å². The largest absolute Gasteiger partial charge is 0.345 e. The fraction of sp³-hybridized carbons (Fsp3) is 0.125. The summed E-state index contributed by atoms with van der Waals surface area (Å²) in [5.41, 5.74) is 3.50. The standard InChI is InChI=1S/C16H15N3O/c1-18(2)16(20)13-8-6-12(7-9-13)14-11-19-10-4-3-5-15(19)17-14/h3-11H,1-2H3. The van der Waals surface area contributed by atoms with Crippen LogP contribution in [0.2, 0.25) is 0 Å². The number of benzene rings is 1. The average molecular weight is 265 g/mol. The second-order valence-electron chi connectivity index (χ2n) is 4.87. The van der Waals surface area contributed by atoms with Gasteiger partial charge in [-0.15, -0.1) is 0 Å². The van der Waals surface area contributed by atoms with Crippen molar-refractivity contribution in [1.29, 1.82) is 0 Å². The second-order valence-corrected chi connectivity index (χ2v) is 4.87. The molecule has 4 heteroatoms. The van der Waals surface area contributed by atoms with Gasteiger partial charge in [-0.05, 0) is 24.3 Å². The fourth-order valence-electron chi connectivity index (χ4n) is 2.12. The van der Waals surface area contributed by atoms with Crippen molar-refractivity contribution in [3.63, 3.8) is 0 Å². The van der Waals surface area contributed by atoms with Crippen LogP contribution in [0.15, 0.2) is 54.9 Å². The molecule has 4 nitrogen and oxygen atoms in total. The third-order valence-corrected chi connectivity index (χ3v) is 3.20. The lowest BCUT2D eigenvalue weighted by Gasteiger charge is -2.10. The van der Waals surface area contributed by atoms with Gasteiger partial charge >= 0.3 is 0 Å². The minimum absolute atomic E-state index is 0.00607. The van der Waals surface area contributed by atoms with Crippen LogP contribution in [0.25, 0.3) is 16.9 Å². The van der Waals surface area contributed by atoms with E-state index in [4.69, 9.17) is 0 Å². The highest BCUT2D eigenvalue weighted by Crippen LogP contribution is 2.20. The van der Waals surface area contributed by atoms with E-state index in [2.05, 4.69) is 4.98 Å². The maximum absolute atomic E-state index is 11.8. The lowest BCUT2D eigenvalue weighted by Crippen LogP contribution is -2.21. The molecule has 0 aliphatic carbocycles. The van der Waals surface area contributed by atoms with E-state index >= 15 is 0 Å². The summed E-state index contributed by atoms with van der Waals surface area (Å²) >= 11 is 0. The number of hydrogen-bond donors (Lipinski definition) is 0. The van der Waals surface area contributed by atoms with E-state index < -0.39 is 0 Å². The lowest BCUT2D eigenvalue weighted by molar-refractivity contribution is 0.0827. The van der Waals surface area contributed by atoms with Crippen molar-refractivity contribution in [2.75, 3.05) is 14.1 Å². The molecule has 0 fully saturated rings. The Morgan fingerprint density at radius 1 is 1.10 bits per heavy atom. The van der Waals surface area contributed by atoms with E-state index in [0.29, 0.717) is 5.56 Å². The van der Waals surface area contributed by atoms with Crippen LogP contribution in [0, 0.1) is 0 Å². The first-order valence-corrected chi connectivity index (χ1v) is 6.41. The topological polar surface area (TPSA) is 37.6 Å². The summed E-state index contributed by atoms with van der Waals surface area (Å²) in [6.45, 7) is 0. The number of rotatable bonds is 2. The van der Waals surface area contributed by atoms with Crippen LogP contribution < -0.4 is 0 Å². The normalized spacial score (nSPS) is 10.7. The number of carbonyl (C=O) groups is 1. The number of aromatic nitrogens is 2. The second kappa shape index (κ2) is 4.81. The van der Waals surface area contributed by atoms with Crippen molar-refractivity contribution in [2.24, 2.45) is 0 Å². The Labute approximate surface area is 117 Å². The summed E-state index contributed by atoms with van der Waals surface area (Å²) in [7, 11) is 3.50. The van der Waals surface area contributed by atoms with E-state index in [9.17, 15) is 4.79 Å². The van der Waals surface area contributed by atoms with Crippen LogP contribution in [0.5, 0.6) is 0 Å². The van der Waals surface area contributed by atoms with E-state index in [-0.39, 0.29) is 5.91 Å². The van der Waals surface area contributed by atoms with Crippen LogP contribution >= 0.6 is 0 Å². The molecule has 1 amide bonds. The molecule has 2 aromatic heterocycles. The third-order valence-electron chi connectivity index (χ3n) is 3.20. The molecule has 2 heterocycles. The first-order chi connectivity index (χ1) is 9.65. The molecule has 100 valence electrons. The van der Waals surface area contributed by atoms with Gasteiger partial charge in [0.25, 0.3) is 5.91 Å². The Bertz CT molecular complexity index is 724. The molecule has 0 saturated carbocycles. The number of carbonyl (C=O) groups excluding carboxylic acids is 1. The first-order valence-electron chi connectivity index (χ1n) is 6.41. The zero-order valence-corrected chi connectivity index (χ0v) is 11.4. The number of nitrogens with zero attached hydrogens (tertiary/aromatic N) is 3. The van der Waals surface area contributed by atoms with Crippen LogP contribution in [0.3, 0.4) is 0 Å². The van der Waals surface area contributed by atoms with Crippen LogP contribution in [-0.2, 0) is 0 Å². The Morgan fingerprint density at radius 3 is 2.50 bits per heavy atom.